The Morgan fingerprint density at radius 3 is 2.33 bits per heavy atom. The van der Waals surface area contributed by atoms with Gasteiger partial charge in [0.2, 0.25) is 5.91 Å². The minimum Gasteiger partial charge on any atom is -0.370 e. The molecule has 1 unspecified atom stereocenters. The lowest BCUT2D eigenvalue weighted by molar-refractivity contribution is -0.116. The van der Waals surface area contributed by atoms with Gasteiger partial charge in [-0.1, -0.05) is 39.3 Å². The molecule has 0 spiro atoms. The van der Waals surface area contributed by atoms with Crippen molar-refractivity contribution in [2.45, 2.75) is 33.7 Å². The number of nitrogens with zero attached hydrogens (tertiary/aromatic N) is 1. The number of fused-ring (bicyclic) bond motifs is 1. The summed E-state index contributed by atoms with van der Waals surface area (Å²) >= 11 is 6.45. The quantitative estimate of drug-likeness (QED) is 0.876. The summed E-state index contributed by atoms with van der Waals surface area (Å²) in [4.78, 5) is 14.0. The van der Waals surface area contributed by atoms with Crippen LogP contribution in [0, 0.1) is 11.8 Å². The third kappa shape index (κ3) is 3.50. The number of rotatable bonds is 5. The summed E-state index contributed by atoms with van der Waals surface area (Å²) in [5.74, 6) is 0.896. The van der Waals surface area contributed by atoms with Crippen molar-refractivity contribution in [2.75, 3.05) is 23.3 Å². The van der Waals surface area contributed by atoms with Crippen LogP contribution in [0.1, 0.15) is 39.3 Å². The molecule has 1 heterocycles. The molecule has 0 fully saturated rings. The first-order chi connectivity index (χ1) is 9.79. The highest BCUT2D eigenvalue weighted by molar-refractivity contribution is 6.33. The van der Waals surface area contributed by atoms with Gasteiger partial charge in [-0.25, -0.2) is 0 Å². The van der Waals surface area contributed by atoms with Crippen molar-refractivity contribution in [3.05, 3.63) is 22.7 Å². The number of halogens is 1. The Kier molecular flexibility index (Phi) is 4.79. The zero-order chi connectivity index (χ0) is 15.7. The number of nitrogens with one attached hydrogen (secondary N) is 1. The Morgan fingerprint density at radius 1 is 1.24 bits per heavy atom. The van der Waals surface area contributed by atoms with Gasteiger partial charge in [0.15, 0.2) is 0 Å². The summed E-state index contributed by atoms with van der Waals surface area (Å²) in [6, 6.07) is 3.16. The van der Waals surface area contributed by atoms with E-state index in [1.165, 1.54) is 0 Å². The normalized spacial score (nSPS) is 17.3. The summed E-state index contributed by atoms with van der Waals surface area (Å²) in [5.41, 5.74) is 8.39. The zero-order valence-electron chi connectivity index (χ0n) is 13.1. The van der Waals surface area contributed by atoms with Crippen molar-refractivity contribution in [3.63, 3.8) is 0 Å². The number of carbonyl (C=O) groups excluding carboxylic acids is 1. The van der Waals surface area contributed by atoms with E-state index in [0.717, 1.165) is 30.0 Å². The minimum atomic E-state index is -0.616. The number of hydrogen-bond donors (Lipinski definition) is 2. The molecule has 1 aromatic rings. The maximum absolute atomic E-state index is 11.7. The Morgan fingerprint density at radius 2 is 1.81 bits per heavy atom. The predicted octanol–water partition coefficient (Wildman–Crippen LogP) is 3.41. The van der Waals surface area contributed by atoms with Crippen LogP contribution in [0.2, 0.25) is 5.02 Å². The Labute approximate surface area is 131 Å². The maximum atomic E-state index is 11.7. The third-order valence-corrected chi connectivity index (χ3v) is 3.81. The molecule has 3 N–H and O–H groups in total. The van der Waals surface area contributed by atoms with E-state index >= 15 is 0 Å². The summed E-state index contributed by atoms with van der Waals surface area (Å²) < 4.78 is 0. The highest BCUT2D eigenvalue weighted by Gasteiger charge is 2.29. The van der Waals surface area contributed by atoms with E-state index in [1.807, 2.05) is 12.1 Å². The van der Waals surface area contributed by atoms with E-state index in [2.05, 4.69) is 37.9 Å². The number of amides is 1. The Hall–Kier alpha value is -1.26. The molecular formula is C16H24ClN3O. The van der Waals surface area contributed by atoms with E-state index < -0.39 is 6.04 Å². The fourth-order valence-corrected chi connectivity index (χ4v) is 2.98. The van der Waals surface area contributed by atoms with E-state index in [4.69, 9.17) is 17.3 Å². The lowest BCUT2D eigenvalue weighted by Crippen LogP contribution is -2.31. The Bertz CT molecular complexity index is 533. The van der Waals surface area contributed by atoms with Crippen molar-refractivity contribution in [3.8, 4) is 0 Å². The third-order valence-electron chi connectivity index (χ3n) is 3.51. The number of nitrogens with two attached hydrogens (primary N) is 1. The van der Waals surface area contributed by atoms with Crippen molar-refractivity contribution in [1.29, 1.82) is 0 Å². The fraction of sp³-hybridized carbons (Fsp3) is 0.562. The molecule has 116 valence electrons. The molecule has 0 bridgehead atoms. The van der Waals surface area contributed by atoms with Gasteiger partial charge in [-0.3, -0.25) is 4.79 Å². The van der Waals surface area contributed by atoms with Crippen LogP contribution in [0.5, 0.6) is 0 Å². The molecule has 5 heteroatoms. The molecule has 0 aromatic heterocycles. The topological polar surface area (TPSA) is 58.4 Å². The van der Waals surface area contributed by atoms with E-state index in [1.54, 1.807) is 0 Å². The number of anilines is 2. The maximum Gasteiger partial charge on any atom is 0.245 e. The monoisotopic (exact) mass is 309 g/mol. The van der Waals surface area contributed by atoms with Crippen LogP contribution in [-0.4, -0.2) is 19.0 Å². The number of hydrogen-bond acceptors (Lipinski definition) is 3. The minimum absolute atomic E-state index is 0.169. The molecule has 1 aliphatic heterocycles. The molecule has 21 heavy (non-hydrogen) atoms. The van der Waals surface area contributed by atoms with Crippen molar-refractivity contribution < 1.29 is 4.79 Å². The van der Waals surface area contributed by atoms with Crippen LogP contribution in [0.3, 0.4) is 0 Å². The lowest BCUT2D eigenvalue weighted by Gasteiger charge is -2.29. The molecule has 0 saturated carbocycles. The van der Waals surface area contributed by atoms with Crippen LogP contribution in [0.4, 0.5) is 11.4 Å². The second-order valence-corrected chi connectivity index (χ2v) is 6.96. The molecular weight excluding hydrogens is 286 g/mol. The summed E-state index contributed by atoms with van der Waals surface area (Å²) in [7, 11) is 0. The van der Waals surface area contributed by atoms with Gasteiger partial charge in [-0.05, 0) is 24.0 Å². The SMILES string of the molecule is CC(C)CN(CC(C)C)c1cc2c(cc1Cl)C(N)C(=O)N2. The first-order valence-electron chi connectivity index (χ1n) is 7.44. The summed E-state index contributed by atoms with van der Waals surface area (Å²) in [5, 5.41) is 3.48. The molecule has 2 rings (SSSR count). The molecule has 1 atom stereocenters. The number of benzene rings is 1. The first-order valence-corrected chi connectivity index (χ1v) is 7.82. The highest BCUT2D eigenvalue weighted by atomic mass is 35.5. The first kappa shape index (κ1) is 16.1. The molecule has 1 aliphatic rings. The molecule has 0 radical (unpaired) electrons. The highest BCUT2D eigenvalue weighted by Crippen LogP contribution is 2.38. The van der Waals surface area contributed by atoms with E-state index in [-0.39, 0.29) is 5.91 Å². The standard InChI is InChI=1S/C16H24ClN3O/c1-9(2)7-20(8-10(3)4)14-6-13-11(5-12(14)17)15(18)16(21)19-13/h5-6,9-10,15H,7-8,18H2,1-4H3,(H,19,21). The van der Waals surface area contributed by atoms with Crippen molar-refractivity contribution in [1.82, 2.24) is 0 Å². The van der Waals surface area contributed by atoms with Crippen LogP contribution >= 0.6 is 11.6 Å². The van der Waals surface area contributed by atoms with Gasteiger partial charge in [-0.15, -0.1) is 0 Å². The fourth-order valence-electron chi connectivity index (χ4n) is 2.69. The predicted molar refractivity (Wildman–Crippen MR) is 88.9 cm³/mol. The molecule has 1 amide bonds. The van der Waals surface area contributed by atoms with Crippen molar-refractivity contribution >= 4 is 28.9 Å². The Balaban J connectivity index is 2.38. The molecule has 0 aliphatic carbocycles. The number of carbonyl (C=O) groups is 1. The summed E-state index contributed by atoms with van der Waals surface area (Å²) in [6.07, 6.45) is 0. The second kappa shape index (κ2) is 6.24. The summed E-state index contributed by atoms with van der Waals surface area (Å²) in [6.45, 7) is 10.6. The van der Waals surface area contributed by atoms with Crippen LogP contribution in [0.15, 0.2) is 12.1 Å². The second-order valence-electron chi connectivity index (χ2n) is 6.55. The average Bonchev–Trinajstić information content (AvgIpc) is 2.63. The lowest BCUT2D eigenvalue weighted by atomic mass is 10.1. The van der Waals surface area contributed by atoms with Crippen LogP contribution in [-0.2, 0) is 4.79 Å². The van der Waals surface area contributed by atoms with Gasteiger partial charge in [0.1, 0.15) is 6.04 Å². The van der Waals surface area contributed by atoms with Crippen LogP contribution in [0.25, 0.3) is 0 Å². The van der Waals surface area contributed by atoms with E-state index in [9.17, 15) is 4.79 Å². The van der Waals surface area contributed by atoms with E-state index in [0.29, 0.717) is 16.9 Å². The van der Waals surface area contributed by atoms with Crippen LogP contribution < -0.4 is 16.0 Å². The van der Waals surface area contributed by atoms with Gasteiger partial charge in [-0.2, -0.15) is 0 Å². The average molecular weight is 310 g/mol. The molecule has 1 aromatic carbocycles. The van der Waals surface area contributed by atoms with Gasteiger partial charge in [0.05, 0.1) is 10.7 Å². The van der Waals surface area contributed by atoms with Crippen molar-refractivity contribution in [2.24, 2.45) is 17.6 Å². The van der Waals surface area contributed by atoms with Gasteiger partial charge < -0.3 is 16.0 Å². The molecule has 0 saturated heterocycles. The van der Waals surface area contributed by atoms with Gasteiger partial charge in [0, 0.05) is 24.3 Å². The molecule has 4 nitrogen and oxygen atoms in total. The largest absolute Gasteiger partial charge is 0.370 e. The smallest absolute Gasteiger partial charge is 0.245 e. The van der Waals surface area contributed by atoms with Gasteiger partial charge >= 0.3 is 0 Å². The zero-order valence-corrected chi connectivity index (χ0v) is 13.9. The van der Waals surface area contributed by atoms with Gasteiger partial charge in [0.25, 0.3) is 0 Å².